The van der Waals surface area contributed by atoms with Crippen molar-refractivity contribution in [2.45, 2.75) is 6.92 Å². The first-order valence-corrected chi connectivity index (χ1v) is 3.89. The Morgan fingerprint density at radius 2 is 2.38 bits per heavy atom. The minimum Gasteiger partial charge on any atom is -0.0853 e. The Bertz CT molecular complexity index is 186. The van der Waals surface area contributed by atoms with E-state index < -0.39 is 0 Å². The highest BCUT2D eigenvalue weighted by molar-refractivity contribution is 9.20. The Kier molecular flexibility index (Phi) is 1.63. The van der Waals surface area contributed by atoms with Crippen LogP contribution in [0.25, 0.3) is 0 Å². The van der Waals surface area contributed by atoms with Gasteiger partial charge in [-0.2, -0.15) is 0 Å². The van der Waals surface area contributed by atoms with E-state index in [2.05, 4.69) is 35.5 Å². The van der Waals surface area contributed by atoms with Gasteiger partial charge >= 0.3 is 0 Å². The summed E-state index contributed by atoms with van der Waals surface area (Å²) in [6, 6.07) is 0. The largest absolute Gasteiger partial charge is 0.279 e. The molecule has 0 aromatic heterocycles. The summed E-state index contributed by atoms with van der Waals surface area (Å²) < 4.78 is 1.15. The standard InChI is InChI=1S/C6H6BrS/c1-4-3-5(2)8-6(4)7/h3H,1H2,2H3/q+1. The zero-order valence-corrected chi connectivity index (χ0v) is 6.97. The van der Waals surface area contributed by atoms with Crippen LogP contribution in [0.1, 0.15) is 6.92 Å². The van der Waals surface area contributed by atoms with Gasteiger partial charge < -0.3 is 0 Å². The second-order valence-electron chi connectivity index (χ2n) is 1.66. The summed E-state index contributed by atoms with van der Waals surface area (Å²) in [7, 11) is 0. The molecule has 1 aliphatic rings. The smallest absolute Gasteiger partial charge is 0.0853 e. The summed E-state index contributed by atoms with van der Waals surface area (Å²) in [5, 5.41) is 0. The molecule has 0 aromatic carbocycles. The van der Waals surface area contributed by atoms with Crippen LogP contribution in [0.2, 0.25) is 0 Å². The van der Waals surface area contributed by atoms with Gasteiger partial charge in [0.05, 0.1) is 0 Å². The molecule has 0 N–H and O–H groups in total. The minimum absolute atomic E-state index is 1.09. The van der Waals surface area contributed by atoms with Crippen LogP contribution < -0.4 is 0 Å². The molecular formula is C6H6BrS+. The van der Waals surface area contributed by atoms with Gasteiger partial charge in [0, 0.05) is 34.5 Å². The van der Waals surface area contributed by atoms with E-state index in [9.17, 15) is 0 Å². The molecule has 0 spiro atoms. The summed E-state index contributed by atoms with van der Waals surface area (Å²) in [5.41, 5.74) is 1.09. The Hall–Kier alpha value is 0.0500. The van der Waals surface area contributed by atoms with Crippen LogP contribution >= 0.6 is 15.9 Å². The lowest BCUT2D eigenvalue weighted by molar-refractivity contribution is 1.68. The van der Waals surface area contributed by atoms with E-state index in [0.29, 0.717) is 0 Å². The minimum atomic E-state index is 1.09. The van der Waals surface area contributed by atoms with E-state index in [-0.39, 0.29) is 0 Å². The summed E-state index contributed by atoms with van der Waals surface area (Å²) >= 11 is 5.10. The lowest BCUT2D eigenvalue weighted by atomic mass is 10.3. The number of halogens is 1. The van der Waals surface area contributed by atoms with Crippen molar-refractivity contribution >= 4 is 31.1 Å². The van der Waals surface area contributed by atoms with Crippen LogP contribution in [-0.2, 0) is 11.4 Å². The van der Waals surface area contributed by atoms with E-state index in [4.69, 9.17) is 0 Å². The maximum absolute atomic E-state index is 3.80. The van der Waals surface area contributed by atoms with Gasteiger partial charge in [-0.15, -0.1) is 0 Å². The third-order valence-electron chi connectivity index (χ3n) is 0.881. The molecule has 0 aliphatic carbocycles. The quantitative estimate of drug-likeness (QED) is 0.237. The van der Waals surface area contributed by atoms with Crippen molar-refractivity contribution in [1.29, 1.82) is 0 Å². The summed E-state index contributed by atoms with van der Waals surface area (Å²) in [5.74, 6) is 0. The molecule has 2 heteroatoms. The van der Waals surface area contributed by atoms with E-state index in [1.165, 1.54) is 4.91 Å². The molecule has 8 heavy (non-hydrogen) atoms. The first-order chi connectivity index (χ1) is 3.70. The third kappa shape index (κ3) is 1.06. The molecule has 0 amide bonds. The normalized spacial score (nSPS) is 18.5. The number of hydrogen-bond acceptors (Lipinski definition) is 0. The number of rotatable bonds is 0. The molecule has 0 atom stereocenters. The molecule has 0 nitrogen and oxygen atoms in total. The summed E-state index contributed by atoms with van der Waals surface area (Å²) in [6.45, 7) is 5.88. The molecule has 0 saturated heterocycles. The maximum Gasteiger partial charge on any atom is 0.279 e. The van der Waals surface area contributed by atoms with Gasteiger partial charge in [-0.05, 0) is 0 Å². The molecule has 0 aromatic rings. The monoisotopic (exact) mass is 189 g/mol. The highest BCUT2D eigenvalue weighted by Crippen LogP contribution is 2.14. The molecule has 0 bridgehead atoms. The maximum atomic E-state index is 3.80. The Labute approximate surface area is 61.4 Å². The van der Waals surface area contributed by atoms with Crippen molar-refractivity contribution in [2.24, 2.45) is 0 Å². The highest BCUT2D eigenvalue weighted by atomic mass is 79.9. The summed E-state index contributed by atoms with van der Waals surface area (Å²) in [6.07, 6.45) is 2.06. The Morgan fingerprint density at radius 1 is 1.75 bits per heavy atom. The molecule has 0 unspecified atom stereocenters. The first-order valence-electron chi connectivity index (χ1n) is 2.28. The molecule has 0 radical (unpaired) electrons. The topological polar surface area (TPSA) is 0 Å². The van der Waals surface area contributed by atoms with Crippen LogP contribution in [0.3, 0.4) is 0 Å². The number of allylic oxidation sites excluding steroid dienone is 3. The van der Waals surface area contributed by atoms with Crippen LogP contribution in [-0.4, -0.2) is 3.77 Å². The SMILES string of the molecule is C=C1C=C(C)[S+]=C1Br. The molecule has 1 aliphatic heterocycles. The van der Waals surface area contributed by atoms with Crippen molar-refractivity contribution in [3.8, 4) is 0 Å². The van der Waals surface area contributed by atoms with Gasteiger partial charge in [0.15, 0.2) is 0 Å². The van der Waals surface area contributed by atoms with E-state index in [1.54, 1.807) is 11.4 Å². The average Bonchev–Trinajstić information content (AvgIpc) is 1.85. The lowest BCUT2D eigenvalue weighted by Crippen LogP contribution is -1.80. The van der Waals surface area contributed by atoms with Crippen molar-refractivity contribution in [2.75, 3.05) is 0 Å². The zero-order chi connectivity index (χ0) is 6.15. The molecular weight excluding hydrogens is 184 g/mol. The second kappa shape index (κ2) is 2.11. The summed E-state index contributed by atoms with van der Waals surface area (Å²) in [4.78, 5) is 1.31. The fourth-order valence-corrected chi connectivity index (χ4v) is 2.09. The van der Waals surface area contributed by atoms with Gasteiger partial charge in [-0.3, -0.25) is 0 Å². The first kappa shape index (κ1) is 6.17. The average molecular weight is 190 g/mol. The molecule has 0 fully saturated rings. The van der Waals surface area contributed by atoms with E-state index in [0.717, 1.165) is 9.35 Å². The van der Waals surface area contributed by atoms with Crippen molar-refractivity contribution in [3.05, 3.63) is 23.1 Å². The van der Waals surface area contributed by atoms with Crippen LogP contribution in [0.15, 0.2) is 23.1 Å². The van der Waals surface area contributed by atoms with Gasteiger partial charge in [-0.25, -0.2) is 0 Å². The van der Waals surface area contributed by atoms with Crippen LogP contribution in [0.4, 0.5) is 0 Å². The van der Waals surface area contributed by atoms with Gasteiger partial charge in [-0.1, -0.05) is 6.58 Å². The fourth-order valence-electron chi connectivity index (χ4n) is 0.538. The number of hydrogen-bond donors (Lipinski definition) is 0. The fraction of sp³-hybridized carbons (Fsp3) is 0.167. The van der Waals surface area contributed by atoms with Gasteiger partial charge in [0.1, 0.15) is 0 Å². The van der Waals surface area contributed by atoms with Crippen molar-refractivity contribution in [3.63, 3.8) is 0 Å². The van der Waals surface area contributed by atoms with Gasteiger partial charge in [0.2, 0.25) is 16.3 Å². The van der Waals surface area contributed by atoms with Gasteiger partial charge in [0.25, 0.3) is 3.77 Å². The van der Waals surface area contributed by atoms with Crippen LogP contribution in [0.5, 0.6) is 0 Å². The Morgan fingerprint density at radius 3 is 2.50 bits per heavy atom. The predicted molar refractivity (Wildman–Crippen MR) is 44.2 cm³/mol. The van der Waals surface area contributed by atoms with Crippen molar-refractivity contribution < 1.29 is 0 Å². The van der Waals surface area contributed by atoms with E-state index >= 15 is 0 Å². The molecule has 1 heterocycles. The molecule has 42 valence electrons. The van der Waals surface area contributed by atoms with E-state index in [1.807, 2.05) is 0 Å². The second-order valence-corrected chi connectivity index (χ2v) is 4.23. The third-order valence-corrected chi connectivity index (χ3v) is 2.76. The lowest BCUT2D eigenvalue weighted by Gasteiger charge is -1.72. The Balaban J connectivity index is 2.95. The van der Waals surface area contributed by atoms with Crippen LogP contribution in [0, 0.1) is 0 Å². The molecule has 0 saturated carbocycles. The predicted octanol–water partition coefficient (Wildman–Crippen LogP) is 2.07. The molecule has 1 rings (SSSR count). The van der Waals surface area contributed by atoms with Crippen molar-refractivity contribution in [1.82, 2.24) is 0 Å². The highest BCUT2D eigenvalue weighted by Gasteiger charge is 2.18. The zero-order valence-electron chi connectivity index (χ0n) is 4.57.